The molecular formula is C17H17F4N3. The lowest BCUT2D eigenvalue weighted by Crippen LogP contribution is -2.32. The zero-order chi connectivity index (χ0) is 17.2. The second kappa shape index (κ2) is 6.76. The van der Waals surface area contributed by atoms with Crippen molar-refractivity contribution in [2.75, 3.05) is 18.0 Å². The summed E-state index contributed by atoms with van der Waals surface area (Å²) in [5, 5.41) is 3.28. The van der Waals surface area contributed by atoms with Crippen molar-refractivity contribution >= 4 is 5.69 Å². The lowest BCUT2D eigenvalue weighted by molar-refractivity contribution is -0.137. The highest BCUT2D eigenvalue weighted by molar-refractivity contribution is 5.45. The number of aromatic nitrogens is 1. The molecule has 0 bridgehead atoms. The first kappa shape index (κ1) is 16.7. The van der Waals surface area contributed by atoms with Gasteiger partial charge in [-0.25, -0.2) is 4.98 Å². The van der Waals surface area contributed by atoms with Crippen molar-refractivity contribution in [1.82, 2.24) is 10.3 Å². The molecule has 1 aliphatic rings. The average Bonchev–Trinajstić information content (AvgIpc) is 3.02. The predicted octanol–water partition coefficient (Wildman–Crippen LogP) is 3.61. The number of nitrogens with zero attached hydrogens (tertiary/aromatic N) is 2. The van der Waals surface area contributed by atoms with E-state index < -0.39 is 17.7 Å². The number of halogens is 4. The number of pyridine rings is 1. The number of rotatable bonds is 4. The summed E-state index contributed by atoms with van der Waals surface area (Å²) in [5.74, 6) is -0.517. The maximum Gasteiger partial charge on any atom is 0.416 e. The maximum atomic E-state index is 12.9. The van der Waals surface area contributed by atoms with Gasteiger partial charge in [-0.15, -0.1) is 0 Å². The molecule has 1 N–H and O–H groups in total. The first-order valence-corrected chi connectivity index (χ1v) is 7.68. The molecule has 1 fully saturated rings. The van der Waals surface area contributed by atoms with Gasteiger partial charge in [-0.1, -0.05) is 18.2 Å². The van der Waals surface area contributed by atoms with E-state index in [-0.39, 0.29) is 6.04 Å². The second-order valence-corrected chi connectivity index (χ2v) is 5.85. The molecule has 2 heterocycles. The topological polar surface area (TPSA) is 28.2 Å². The molecule has 0 spiro atoms. The number of alkyl halides is 3. The van der Waals surface area contributed by atoms with E-state index in [4.69, 9.17) is 0 Å². The molecule has 0 amide bonds. The molecule has 0 saturated carbocycles. The Hall–Kier alpha value is -2.15. The van der Waals surface area contributed by atoms with Gasteiger partial charge in [0.25, 0.3) is 0 Å². The fourth-order valence-electron chi connectivity index (χ4n) is 2.84. The number of hydrogen-bond donors (Lipinski definition) is 1. The van der Waals surface area contributed by atoms with Gasteiger partial charge in [0.05, 0.1) is 17.4 Å². The summed E-state index contributed by atoms with van der Waals surface area (Å²) in [6.07, 6.45) is -1.96. The molecule has 2 aromatic rings. The Morgan fingerprint density at radius 2 is 2.04 bits per heavy atom. The Kier molecular flexibility index (Phi) is 4.71. The summed E-state index contributed by atoms with van der Waals surface area (Å²) < 4.78 is 51.0. The van der Waals surface area contributed by atoms with Gasteiger partial charge in [-0.3, -0.25) is 0 Å². The normalized spacial score (nSPS) is 18.2. The zero-order valence-electron chi connectivity index (χ0n) is 12.9. The van der Waals surface area contributed by atoms with E-state index in [9.17, 15) is 17.6 Å². The Bertz CT molecular complexity index is 685. The van der Waals surface area contributed by atoms with Gasteiger partial charge in [0.2, 0.25) is 5.95 Å². The first-order valence-electron chi connectivity index (χ1n) is 7.68. The molecule has 0 radical (unpaired) electrons. The van der Waals surface area contributed by atoms with Crippen LogP contribution in [0, 0.1) is 5.95 Å². The van der Waals surface area contributed by atoms with Crippen molar-refractivity contribution in [3.63, 3.8) is 0 Å². The maximum absolute atomic E-state index is 12.9. The summed E-state index contributed by atoms with van der Waals surface area (Å²) >= 11 is 0. The summed E-state index contributed by atoms with van der Waals surface area (Å²) in [6, 6.07) is 8.51. The van der Waals surface area contributed by atoms with Crippen LogP contribution in [0.2, 0.25) is 0 Å². The summed E-state index contributed by atoms with van der Waals surface area (Å²) in [5.41, 5.74) is 0.818. The highest BCUT2D eigenvalue weighted by Gasteiger charge is 2.30. The van der Waals surface area contributed by atoms with Gasteiger partial charge in [-0.05, 0) is 30.2 Å². The smallest absolute Gasteiger partial charge is 0.369 e. The van der Waals surface area contributed by atoms with Crippen molar-refractivity contribution in [2.45, 2.75) is 25.2 Å². The van der Waals surface area contributed by atoms with Gasteiger partial charge >= 0.3 is 6.18 Å². The van der Waals surface area contributed by atoms with Crippen LogP contribution in [0.15, 0.2) is 42.6 Å². The quantitative estimate of drug-likeness (QED) is 0.681. The number of nitrogens with one attached hydrogen (secondary N) is 1. The molecular weight excluding hydrogens is 322 g/mol. The van der Waals surface area contributed by atoms with E-state index in [1.54, 1.807) is 12.1 Å². The predicted molar refractivity (Wildman–Crippen MR) is 83.1 cm³/mol. The third-order valence-electron chi connectivity index (χ3n) is 4.11. The highest BCUT2D eigenvalue weighted by Crippen LogP contribution is 2.29. The third kappa shape index (κ3) is 4.03. The van der Waals surface area contributed by atoms with Gasteiger partial charge in [0.1, 0.15) is 0 Å². The van der Waals surface area contributed by atoms with Crippen LogP contribution in [0.3, 0.4) is 0 Å². The van der Waals surface area contributed by atoms with E-state index in [1.807, 2.05) is 0 Å². The van der Waals surface area contributed by atoms with Gasteiger partial charge < -0.3 is 10.2 Å². The Morgan fingerprint density at radius 3 is 2.75 bits per heavy atom. The molecule has 1 atom stereocenters. The summed E-state index contributed by atoms with van der Waals surface area (Å²) in [7, 11) is 0. The molecule has 7 heteroatoms. The lowest BCUT2D eigenvalue weighted by Gasteiger charge is -2.18. The van der Waals surface area contributed by atoms with E-state index in [0.717, 1.165) is 24.7 Å². The van der Waals surface area contributed by atoms with Gasteiger partial charge in [0.15, 0.2) is 0 Å². The number of hydrogen-bond acceptors (Lipinski definition) is 3. The van der Waals surface area contributed by atoms with Crippen LogP contribution >= 0.6 is 0 Å². The van der Waals surface area contributed by atoms with Gasteiger partial charge in [0, 0.05) is 25.7 Å². The second-order valence-electron chi connectivity index (χ2n) is 5.85. The van der Waals surface area contributed by atoms with E-state index in [0.29, 0.717) is 18.7 Å². The van der Waals surface area contributed by atoms with Crippen LogP contribution in [0.25, 0.3) is 0 Å². The van der Waals surface area contributed by atoms with E-state index >= 15 is 0 Å². The fraction of sp³-hybridized carbons (Fsp3) is 0.353. The van der Waals surface area contributed by atoms with Crippen molar-refractivity contribution in [3.05, 3.63) is 59.7 Å². The average molecular weight is 339 g/mol. The minimum absolute atomic E-state index is 0.171. The molecule has 0 unspecified atom stereocenters. The lowest BCUT2D eigenvalue weighted by atomic mass is 10.1. The van der Waals surface area contributed by atoms with Crippen LogP contribution in [0.4, 0.5) is 23.2 Å². The Balaban J connectivity index is 1.56. The molecule has 24 heavy (non-hydrogen) atoms. The molecule has 128 valence electrons. The number of benzene rings is 1. The minimum atomic E-state index is -4.32. The minimum Gasteiger partial charge on any atom is -0.369 e. The largest absolute Gasteiger partial charge is 0.416 e. The van der Waals surface area contributed by atoms with Crippen LogP contribution in [-0.4, -0.2) is 24.1 Å². The van der Waals surface area contributed by atoms with Crippen molar-refractivity contribution < 1.29 is 17.6 Å². The van der Waals surface area contributed by atoms with Crippen molar-refractivity contribution in [3.8, 4) is 0 Å². The van der Waals surface area contributed by atoms with Gasteiger partial charge in [-0.2, -0.15) is 17.6 Å². The Morgan fingerprint density at radius 1 is 1.21 bits per heavy atom. The van der Waals surface area contributed by atoms with Crippen LogP contribution in [0.1, 0.15) is 17.5 Å². The third-order valence-corrected chi connectivity index (χ3v) is 4.11. The van der Waals surface area contributed by atoms with Crippen LogP contribution in [0.5, 0.6) is 0 Å². The van der Waals surface area contributed by atoms with Crippen LogP contribution in [-0.2, 0) is 12.7 Å². The molecule has 1 saturated heterocycles. The van der Waals surface area contributed by atoms with Crippen molar-refractivity contribution in [1.29, 1.82) is 0 Å². The number of anilines is 1. The molecule has 3 rings (SSSR count). The first-order chi connectivity index (χ1) is 11.4. The standard InChI is InChI=1S/C17H17F4N3/c18-16-5-4-15(10-23-16)24-7-6-14(11-24)22-9-12-2-1-3-13(8-12)17(19,20)21/h1-5,8,10,14,22H,6-7,9,11H2/t14-/m0/s1. The fourth-order valence-corrected chi connectivity index (χ4v) is 2.84. The van der Waals surface area contributed by atoms with Crippen LogP contribution < -0.4 is 10.2 Å². The summed E-state index contributed by atoms with van der Waals surface area (Å²) in [4.78, 5) is 5.72. The molecule has 1 aliphatic heterocycles. The summed E-state index contributed by atoms with van der Waals surface area (Å²) in [6.45, 7) is 1.89. The molecule has 0 aliphatic carbocycles. The molecule has 1 aromatic carbocycles. The van der Waals surface area contributed by atoms with E-state index in [2.05, 4.69) is 15.2 Å². The highest BCUT2D eigenvalue weighted by atomic mass is 19.4. The zero-order valence-corrected chi connectivity index (χ0v) is 12.9. The van der Waals surface area contributed by atoms with E-state index in [1.165, 1.54) is 24.4 Å². The SMILES string of the molecule is Fc1ccc(N2CC[C@H](NCc3cccc(C(F)(F)F)c3)C2)cn1. The molecule has 3 nitrogen and oxygen atoms in total. The van der Waals surface area contributed by atoms with Crippen molar-refractivity contribution in [2.24, 2.45) is 0 Å². The monoisotopic (exact) mass is 339 g/mol. The molecule has 1 aromatic heterocycles. The Labute approximate surface area is 137 Å².